The summed E-state index contributed by atoms with van der Waals surface area (Å²) in [6.45, 7) is 6.57. The summed E-state index contributed by atoms with van der Waals surface area (Å²) in [7, 11) is 0. The minimum absolute atomic E-state index is 0.0712. The van der Waals surface area contributed by atoms with Crippen LogP contribution in [-0.4, -0.2) is 16.3 Å². The lowest BCUT2D eigenvalue weighted by Crippen LogP contribution is -2.11. The van der Waals surface area contributed by atoms with Gasteiger partial charge in [0.25, 0.3) is 0 Å². The van der Waals surface area contributed by atoms with Crippen molar-refractivity contribution in [1.29, 1.82) is 0 Å². The van der Waals surface area contributed by atoms with Crippen molar-refractivity contribution in [2.75, 3.05) is 5.73 Å². The fourth-order valence-electron chi connectivity index (χ4n) is 1.66. The van der Waals surface area contributed by atoms with Gasteiger partial charge in [-0.2, -0.15) is 0 Å². The van der Waals surface area contributed by atoms with Gasteiger partial charge >= 0.3 is 5.97 Å². The molecule has 0 saturated carbocycles. The maximum absolute atomic E-state index is 11.7. The molecule has 0 aliphatic heterocycles. The first-order chi connectivity index (χ1) is 9.38. The Labute approximate surface area is 116 Å². The number of nitrogens with zero attached hydrogens (tertiary/aromatic N) is 2. The van der Waals surface area contributed by atoms with Crippen molar-refractivity contribution in [3.8, 4) is 0 Å². The van der Waals surface area contributed by atoms with E-state index >= 15 is 0 Å². The van der Waals surface area contributed by atoms with Crippen LogP contribution in [0.4, 0.5) is 5.82 Å². The first-order valence-corrected chi connectivity index (χ1v) is 6.22. The highest BCUT2D eigenvalue weighted by atomic mass is 16.6. The van der Waals surface area contributed by atoms with Crippen molar-refractivity contribution in [3.63, 3.8) is 0 Å². The zero-order valence-corrected chi connectivity index (χ0v) is 11.7. The molecular weight excluding hydrogens is 258 g/mol. The van der Waals surface area contributed by atoms with E-state index in [4.69, 9.17) is 10.5 Å². The number of carbonyl (C=O) groups is 1. The molecule has 2 aromatic rings. The Balaban J connectivity index is 1.98. The second kappa shape index (κ2) is 5.32. The highest BCUT2D eigenvalue weighted by Gasteiger charge is 2.18. The minimum Gasteiger partial charge on any atom is -0.456 e. The lowest BCUT2D eigenvalue weighted by Gasteiger charge is -2.19. The number of nitrogens with two attached hydrogens (primary N) is 1. The van der Waals surface area contributed by atoms with E-state index in [1.54, 1.807) is 0 Å². The standard InChI is InChI=1S/C14H17N3O3/c1-14(2,3)10-6-4-9(5-7-10)8-19-13(18)11-12(15)17-20-16-11/h4-7H,8H2,1-3H3,(H2,15,17). The lowest BCUT2D eigenvalue weighted by molar-refractivity contribution is 0.0461. The summed E-state index contributed by atoms with van der Waals surface area (Å²) in [6, 6.07) is 7.90. The van der Waals surface area contributed by atoms with Crippen LogP contribution in [0.2, 0.25) is 0 Å². The molecule has 0 atom stereocenters. The van der Waals surface area contributed by atoms with Gasteiger partial charge in [0.1, 0.15) is 6.61 Å². The highest BCUT2D eigenvalue weighted by molar-refractivity contribution is 5.91. The maximum Gasteiger partial charge on any atom is 0.364 e. The molecule has 0 radical (unpaired) electrons. The number of hydrogen-bond acceptors (Lipinski definition) is 6. The van der Waals surface area contributed by atoms with Crippen LogP contribution in [0.1, 0.15) is 42.4 Å². The van der Waals surface area contributed by atoms with Crippen LogP contribution < -0.4 is 5.73 Å². The van der Waals surface area contributed by atoms with E-state index in [0.29, 0.717) is 0 Å². The molecule has 0 spiro atoms. The number of anilines is 1. The zero-order chi connectivity index (χ0) is 14.8. The predicted octanol–water partition coefficient (Wildman–Crippen LogP) is 2.31. The van der Waals surface area contributed by atoms with Crippen molar-refractivity contribution >= 4 is 11.8 Å². The molecule has 106 valence electrons. The third-order valence-corrected chi connectivity index (χ3v) is 2.90. The summed E-state index contributed by atoms with van der Waals surface area (Å²) in [5.74, 6) is -0.721. The fraction of sp³-hybridized carbons (Fsp3) is 0.357. The molecule has 1 heterocycles. The molecule has 1 aromatic heterocycles. The average Bonchev–Trinajstić information content (AvgIpc) is 2.82. The Bertz CT molecular complexity index is 597. The third kappa shape index (κ3) is 3.14. The van der Waals surface area contributed by atoms with Gasteiger partial charge in [-0.15, -0.1) is 0 Å². The zero-order valence-electron chi connectivity index (χ0n) is 11.7. The monoisotopic (exact) mass is 275 g/mol. The Morgan fingerprint density at radius 1 is 1.25 bits per heavy atom. The van der Waals surface area contributed by atoms with Gasteiger partial charge in [0.2, 0.25) is 11.5 Å². The van der Waals surface area contributed by atoms with Crippen molar-refractivity contribution in [3.05, 3.63) is 41.1 Å². The number of benzene rings is 1. The first-order valence-electron chi connectivity index (χ1n) is 6.22. The topological polar surface area (TPSA) is 91.2 Å². The highest BCUT2D eigenvalue weighted by Crippen LogP contribution is 2.22. The number of nitrogen functional groups attached to an aromatic ring is 1. The van der Waals surface area contributed by atoms with Crippen LogP contribution in [-0.2, 0) is 16.8 Å². The van der Waals surface area contributed by atoms with Crippen LogP contribution in [0, 0.1) is 0 Å². The SMILES string of the molecule is CC(C)(C)c1ccc(COC(=O)c2nonc2N)cc1. The predicted molar refractivity (Wildman–Crippen MR) is 73.0 cm³/mol. The number of ether oxygens (including phenoxy) is 1. The number of aromatic nitrogens is 2. The van der Waals surface area contributed by atoms with Crippen LogP contribution in [0.3, 0.4) is 0 Å². The molecule has 0 fully saturated rings. The molecule has 0 bridgehead atoms. The van der Waals surface area contributed by atoms with Gasteiger partial charge in [-0.1, -0.05) is 45.0 Å². The van der Waals surface area contributed by atoms with E-state index in [0.717, 1.165) is 5.56 Å². The van der Waals surface area contributed by atoms with Crippen molar-refractivity contribution in [1.82, 2.24) is 10.3 Å². The summed E-state index contributed by atoms with van der Waals surface area (Å²) in [5.41, 5.74) is 7.51. The van der Waals surface area contributed by atoms with Gasteiger partial charge in [0.05, 0.1) is 0 Å². The molecule has 0 aliphatic rings. The largest absolute Gasteiger partial charge is 0.456 e. The van der Waals surface area contributed by atoms with E-state index in [2.05, 4.69) is 35.7 Å². The smallest absolute Gasteiger partial charge is 0.364 e. The molecule has 2 N–H and O–H groups in total. The lowest BCUT2D eigenvalue weighted by atomic mass is 9.87. The summed E-state index contributed by atoms with van der Waals surface area (Å²) in [6.07, 6.45) is 0. The van der Waals surface area contributed by atoms with Crippen molar-refractivity contribution in [2.24, 2.45) is 0 Å². The van der Waals surface area contributed by atoms with Gasteiger partial charge in [0.15, 0.2) is 0 Å². The van der Waals surface area contributed by atoms with Crippen LogP contribution in [0.15, 0.2) is 28.9 Å². The van der Waals surface area contributed by atoms with Crippen LogP contribution >= 0.6 is 0 Å². The quantitative estimate of drug-likeness (QED) is 0.864. The van der Waals surface area contributed by atoms with Gasteiger partial charge in [-0.25, -0.2) is 9.42 Å². The Morgan fingerprint density at radius 3 is 2.40 bits per heavy atom. The van der Waals surface area contributed by atoms with E-state index in [1.165, 1.54) is 5.56 Å². The van der Waals surface area contributed by atoms with E-state index < -0.39 is 5.97 Å². The maximum atomic E-state index is 11.7. The number of carbonyl (C=O) groups excluding carboxylic acids is 1. The molecule has 0 amide bonds. The molecule has 0 saturated heterocycles. The Morgan fingerprint density at radius 2 is 1.90 bits per heavy atom. The second-order valence-electron chi connectivity index (χ2n) is 5.52. The van der Waals surface area contributed by atoms with Crippen LogP contribution in [0.25, 0.3) is 0 Å². The van der Waals surface area contributed by atoms with Gasteiger partial charge in [-0.05, 0) is 26.9 Å². The van der Waals surface area contributed by atoms with Crippen LogP contribution in [0.5, 0.6) is 0 Å². The molecular formula is C14H17N3O3. The van der Waals surface area contributed by atoms with Crippen molar-refractivity contribution in [2.45, 2.75) is 32.8 Å². The summed E-state index contributed by atoms with van der Waals surface area (Å²) < 4.78 is 9.44. The van der Waals surface area contributed by atoms with Gasteiger partial charge in [-0.3, -0.25) is 0 Å². The van der Waals surface area contributed by atoms with E-state index in [9.17, 15) is 4.79 Å². The van der Waals surface area contributed by atoms with Crippen molar-refractivity contribution < 1.29 is 14.2 Å². The van der Waals surface area contributed by atoms with Gasteiger partial charge in [0, 0.05) is 0 Å². The minimum atomic E-state index is -0.649. The molecule has 0 unspecified atom stereocenters. The Hall–Kier alpha value is -2.37. The summed E-state index contributed by atoms with van der Waals surface area (Å²) in [5, 5.41) is 6.71. The number of rotatable bonds is 3. The molecule has 0 aliphatic carbocycles. The fourth-order valence-corrected chi connectivity index (χ4v) is 1.66. The third-order valence-electron chi connectivity index (χ3n) is 2.90. The number of esters is 1. The Kier molecular flexibility index (Phi) is 3.74. The number of hydrogen-bond donors (Lipinski definition) is 1. The van der Waals surface area contributed by atoms with E-state index in [-0.39, 0.29) is 23.5 Å². The molecule has 1 aromatic carbocycles. The molecule has 6 nitrogen and oxygen atoms in total. The molecule has 20 heavy (non-hydrogen) atoms. The summed E-state index contributed by atoms with van der Waals surface area (Å²) in [4.78, 5) is 11.7. The second-order valence-corrected chi connectivity index (χ2v) is 5.52. The summed E-state index contributed by atoms with van der Waals surface area (Å²) >= 11 is 0. The normalized spacial score (nSPS) is 11.3. The van der Waals surface area contributed by atoms with Gasteiger partial charge < -0.3 is 10.5 Å². The average molecular weight is 275 g/mol. The van der Waals surface area contributed by atoms with E-state index in [1.807, 2.05) is 24.3 Å². The molecule has 6 heteroatoms. The molecule has 2 rings (SSSR count). The first kappa shape index (κ1) is 14.0.